The van der Waals surface area contributed by atoms with E-state index in [1.54, 1.807) is 0 Å². The molecule has 1 aromatic carbocycles. The number of carbonyl (C=O) groups is 1. The van der Waals surface area contributed by atoms with Crippen molar-refractivity contribution in [2.45, 2.75) is 18.0 Å². The number of hydrogen-bond acceptors (Lipinski definition) is 5. The number of ether oxygens (including phenoxy) is 1. The van der Waals surface area contributed by atoms with Crippen LogP contribution in [0.1, 0.15) is 15.9 Å². The molecule has 1 N–H and O–H groups in total. The average molecular weight is 577 g/mol. The molecule has 0 unspecified atom stereocenters. The molecule has 0 atom stereocenters. The molecule has 182 valence electrons. The maximum absolute atomic E-state index is 14.4. The minimum atomic E-state index is -6.35. The van der Waals surface area contributed by atoms with Crippen LogP contribution in [0.3, 0.4) is 0 Å². The zero-order chi connectivity index (χ0) is 25.6. The number of phenolic OH excluding ortho intramolecular Hbond substituents is 1. The van der Waals surface area contributed by atoms with Crippen LogP contribution in [-0.2, 0) is 10.4 Å². The maximum Gasteiger partial charge on any atom is 0.435 e. The van der Waals surface area contributed by atoms with E-state index < -0.39 is 39.8 Å². The van der Waals surface area contributed by atoms with Gasteiger partial charge in [0.05, 0.1) is 18.9 Å². The van der Waals surface area contributed by atoms with E-state index in [1.807, 2.05) is 0 Å². The van der Waals surface area contributed by atoms with Gasteiger partial charge in [0.15, 0.2) is 0 Å². The number of nitrogens with zero attached hydrogens (tertiary/aromatic N) is 3. The zero-order valence-corrected chi connectivity index (χ0v) is 18.8. The standard InChI is InChI=1S/C19H10BrClF7N3O3/c1-34-16(33)11-2-8(5-29-15(11)21)9-6-30-31(7-9)14-12(20)3-10(4-13(14)32)17(22,18(23,24)25)19(26,27)28/h2-7,32H,1H3. The van der Waals surface area contributed by atoms with E-state index in [4.69, 9.17) is 11.6 Å². The molecule has 3 aromatic rings. The first-order valence-corrected chi connectivity index (χ1v) is 9.93. The lowest BCUT2D eigenvalue weighted by Crippen LogP contribution is -2.50. The fourth-order valence-corrected chi connectivity index (χ4v) is 3.76. The molecule has 34 heavy (non-hydrogen) atoms. The molecule has 0 aliphatic carbocycles. The molecule has 0 radical (unpaired) electrons. The summed E-state index contributed by atoms with van der Waals surface area (Å²) >= 11 is 8.62. The number of alkyl halides is 7. The third kappa shape index (κ3) is 4.31. The summed E-state index contributed by atoms with van der Waals surface area (Å²) in [4.78, 5) is 15.6. The molecule has 0 aliphatic rings. The van der Waals surface area contributed by atoms with Crippen molar-refractivity contribution in [1.82, 2.24) is 14.8 Å². The normalized spacial score (nSPS) is 12.6. The van der Waals surface area contributed by atoms with E-state index in [2.05, 4.69) is 30.7 Å². The van der Waals surface area contributed by atoms with Gasteiger partial charge in [0.1, 0.15) is 16.6 Å². The highest BCUT2D eigenvalue weighted by molar-refractivity contribution is 9.10. The molecule has 2 heterocycles. The number of methoxy groups -OCH3 is 1. The van der Waals surface area contributed by atoms with E-state index in [0.717, 1.165) is 11.8 Å². The van der Waals surface area contributed by atoms with Crippen LogP contribution in [0.15, 0.2) is 41.3 Å². The van der Waals surface area contributed by atoms with E-state index in [0.29, 0.717) is 5.56 Å². The summed E-state index contributed by atoms with van der Waals surface area (Å²) in [5.41, 5.74) is -7.50. The minimum Gasteiger partial charge on any atom is -0.506 e. The molecule has 2 aromatic heterocycles. The lowest BCUT2D eigenvalue weighted by molar-refractivity contribution is -0.348. The lowest BCUT2D eigenvalue weighted by atomic mass is 9.93. The first kappa shape index (κ1) is 25.7. The van der Waals surface area contributed by atoms with E-state index in [1.165, 1.54) is 24.7 Å². The predicted molar refractivity (Wildman–Crippen MR) is 107 cm³/mol. The molecule has 0 saturated carbocycles. The lowest BCUT2D eigenvalue weighted by Gasteiger charge is -2.30. The first-order chi connectivity index (χ1) is 15.6. The Morgan fingerprint density at radius 1 is 1.06 bits per heavy atom. The van der Waals surface area contributed by atoms with Crippen molar-refractivity contribution in [3.05, 3.63) is 57.5 Å². The highest BCUT2D eigenvalue weighted by Gasteiger charge is 2.73. The smallest absolute Gasteiger partial charge is 0.435 e. The molecule has 3 rings (SSSR count). The molecule has 6 nitrogen and oxygen atoms in total. The Balaban J connectivity index is 2.09. The van der Waals surface area contributed by atoms with Crippen LogP contribution in [0.25, 0.3) is 16.8 Å². The van der Waals surface area contributed by atoms with Crippen LogP contribution in [0, 0.1) is 0 Å². The summed E-state index contributed by atoms with van der Waals surface area (Å²) < 4.78 is 97.6. The number of hydrogen-bond donors (Lipinski definition) is 1. The van der Waals surface area contributed by atoms with Crippen LogP contribution in [-0.4, -0.2) is 45.3 Å². The molecule has 0 aliphatic heterocycles. The summed E-state index contributed by atoms with van der Waals surface area (Å²) in [7, 11) is 1.12. The Kier molecular flexibility index (Phi) is 6.61. The van der Waals surface area contributed by atoms with Crippen LogP contribution in [0.4, 0.5) is 30.7 Å². The number of phenols is 1. The monoisotopic (exact) mass is 575 g/mol. The fraction of sp³-hybridized carbons (Fsp3) is 0.211. The second kappa shape index (κ2) is 8.73. The van der Waals surface area contributed by atoms with Crippen molar-refractivity contribution >= 4 is 33.5 Å². The highest BCUT2D eigenvalue weighted by atomic mass is 79.9. The topological polar surface area (TPSA) is 77.2 Å². The average Bonchev–Trinajstić information content (AvgIpc) is 3.20. The Hall–Kier alpha value is -2.87. The third-order valence-corrected chi connectivity index (χ3v) is 5.52. The van der Waals surface area contributed by atoms with Crippen LogP contribution >= 0.6 is 27.5 Å². The van der Waals surface area contributed by atoms with Crippen molar-refractivity contribution in [2.24, 2.45) is 0 Å². The van der Waals surface area contributed by atoms with Gasteiger partial charge in [-0.05, 0) is 34.1 Å². The Morgan fingerprint density at radius 2 is 1.68 bits per heavy atom. The van der Waals surface area contributed by atoms with Gasteiger partial charge in [0.25, 0.3) is 0 Å². The molecule has 15 heteroatoms. The van der Waals surface area contributed by atoms with Gasteiger partial charge in [-0.15, -0.1) is 0 Å². The summed E-state index contributed by atoms with van der Waals surface area (Å²) in [5, 5.41) is 14.0. The zero-order valence-electron chi connectivity index (χ0n) is 16.5. The Bertz CT molecular complexity index is 1220. The molecule has 0 bridgehead atoms. The van der Waals surface area contributed by atoms with Crippen molar-refractivity contribution in [3.8, 4) is 22.6 Å². The number of halogens is 9. The van der Waals surface area contributed by atoms with Crippen LogP contribution in [0.5, 0.6) is 5.75 Å². The van der Waals surface area contributed by atoms with E-state index in [-0.39, 0.29) is 34.1 Å². The predicted octanol–water partition coefficient (Wildman–Crippen LogP) is 6.13. The highest BCUT2D eigenvalue weighted by Crippen LogP contribution is 2.54. The molecular formula is C19H10BrClF7N3O3. The summed E-state index contributed by atoms with van der Waals surface area (Å²) in [5.74, 6) is -1.91. The number of pyridine rings is 1. The van der Waals surface area contributed by atoms with Gasteiger partial charge < -0.3 is 9.84 Å². The summed E-state index contributed by atoms with van der Waals surface area (Å²) in [6, 6.07) is 1.57. The van der Waals surface area contributed by atoms with Gasteiger partial charge >= 0.3 is 24.0 Å². The molecule has 0 amide bonds. The number of rotatable bonds is 4. The second-order valence-corrected chi connectivity index (χ2v) is 7.92. The second-order valence-electron chi connectivity index (χ2n) is 6.71. The summed E-state index contributed by atoms with van der Waals surface area (Å²) in [6.07, 6.45) is -9.01. The van der Waals surface area contributed by atoms with Gasteiger partial charge in [0.2, 0.25) is 0 Å². The largest absolute Gasteiger partial charge is 0.506 e. The molecule has 0 spiro atoms. The van der Waals surface area contributed by atoms with Gasteiger partial charge in [-0.2, -0.15) is 31.4 Å². The van der Waals surface area contributed by atoms with Crippen molar-refractivity contribution in [3.63, 3.8) is 0 Å². The van der Waals surface area contributed by atoms with Gasteiger partial charge in [0, 0.05) is 33.6 Å². The molecule has 0 fully saturated rings. The number of aromatic nitrogens is 3. The Morgan fingerprint density at radius 3 is 2.21 bits per heavy atom. The first-order valence-electron chi connectivity index (χ1n) is 8.76. The maximum atomic E-state index is 14.4. The Labute approximate surface area is 199 Å². The van der Waals surface area contributed by atoms with Gasteiger partial charge in [-0.3, -0.25) is 0 Å². The van der Waals surface area contributed by atoms with E-state index >= 15 is 0 Å². The SMILES string of the molecule is COC(=O)c1cc(-c2cnn(-c3c(O)cc(C(F)(C(F)(F)F)C(F)(F)F)cc3Br)c2)cnc1Cl. The van der Waals surface area contributed by atoms with Crippen LogP contribution < -0.4 is 0 Å². The third-order valence-electron chi connectivity index (χ3n) is 4.61. The van der Waals surface area contributed by atoms with E-state index in [9.17, 15) is 40.6 Å². The molecule has 0 saturated heterocycles. The van der Waals surface area contributed by atoms with Crippen molar-refractivity contribution in [2.75, 3.05) is 7.11 Å². The number of esters is 1. The molecular weight excluding hydrogens is 567 g/mol. The van der Waals surface area contributed by atoms with Gasteiger partial charge in [-0.25, -0.2) is 18.9 Å². The minimum absolute atomic E-state index is 0.0155. The van der Waals surface area contributed by atoms with Crippen molar-refractivity contribution < 1.29 is 45.4 Å². The summed E-state index contributed by atoms with van der Waals surface area (Å²) in [6.45, 7) is 0. The van der Waals surface area contributed by atoms with Crippen molar-refractivity contribution in [1.29, 1.82) is 0 Å². The number of benzene rings is 1. The number of carbonyl (C=O) groups excluding carboxylic acids is 1. The van der Waals surface area contributed by atoms with Crippen LogP contribution in [0.2, 0.25) is 5.15 Å². The van der Waals surface area contributed by atoms with Gasteiger partial charge in [-0.1, -0.05) is 11.6 Å². The fourth-order valence-electron chi connectivity index (χ4n) is 2.95. The number of aromatic hydroxyl groups is 1. The quantitative estimate of drug-likeness (QED) is 0.230.